The van der Waals surface area contributed by atoms with Crippen molar-refractivity contribution in [2.24, 2.45) is 0 Å². The van der Waals surface area contributed by atoms with Crippen molar-refractivity contribution in [2.75, 3.05) is 12.4 Å². The van der Waals surface area contributed by atoms with Gasteiger partial charge in [-0.05, 0) is 6.07 Å². The number of carbonyl (C=O) groups is 1. The van der Waals surface area contributed by atoms with E-state index in [4.69, 9.17) is 9.84 Å². The maximum Gasteiger partial charge on any atom is 0.410 e. The van der Waals surface area contributed by atoms with E-state index < -0.39 is 6.09 Å². The van der Waals surface area contributed by atoms with Crippen LogP contribution < -0.4 is 10.1 Å². The van der Waals surface area contributed by atoms with E-state index in [0.717, 1.165) is 0 Å². The number of pyridine rings is 1. The highest BCUT2D eigenvalue weighted by atomic mass is 16.5. The third-order valence-electron chi connectivity index (χ3n) is 1.20. The van der Waals surface area contributed by atoms with E-state index in [2.05, 4.69) is 10.3 Å². The van der Waals surface area contributed by atoms with Gasteiger partial charge in [0.2, 0.25) is 0 Å². The summed E-state index contributed by atoms with van der Waals surface area (Å²) in [5.41, 5.74) is 0. The summed E-state index contributed by atoms with van der Waals surface area (Å²) in [5.74, 6) is 0.815. The predicted molar refractivity (Wildman–Crippen MR) is 42.4 cm³/mol. The molecule has 2 N–H and O–H groups in total. The number of carboxylic acid groups (broad SMARTS) is 1. The highest BCUT2D eigenvalue weighted by Gasteiger charge is 1.99. The monoisotopic (exact) mass is 168 g/mol. The molecule has 1 aromatic heterocycles. The standard InChI is InChI=1S/C7H8N2O3/c1-12-5-2-3-8-6(4-5)9-7(10)11/h2-4H,1H3,(H,8,9)(H,10,11). The summed E-state index contributed by atoms with van der Waals surface area (Å²) in [6.07, 6.45) is 0.320. The Balaban J connectivity index is 2.79. The van der Waals surface area contributed by atoms with Crippen LogP contribution in [-0.2, 0) is 0 Å². The second-order valence-corrected chi connectivity index (χ2v) is 2.01. The van der Waals surface area contributed by atoms with Gasteiger partial charge in [-0.1, -0.05) is 0 Å². The second kappa shape index (κ2) is 3.56. The van der Waals surface area contributed by atoms with Crippen LogP contribution in [0.2, 0.25) is 0 Å². The lowest BCUT2D eigenvalue weighted by Gasteiger charge is -2.01. The van der Waals surface area contributed by atoms with Gasteiger partial charge in [-0.25, -0.2) is 9.78 Å². The molecule has 5 nitrogen and oxygen atoms in total. The van der Waals surface area contributed by atoms with Crippen LogP contribution in [0.25, 0.3) is 0 Å². The molecule has 64 valence electrons. The summed E-state index contributed by atoms with van der Waals surface area (Å²) in [5, 5.41) is 10.4. The Morgan fingerprint density at radius 1 is 1.75 bits per heavy atom. The average Bonchev–Trinajstić information content (AvgIpc) is 2.03. The lowest BCUT2D eigenvalue weighted by molar-refractivity contribution is 0.209. The van der Waals surface area contributed by atoms with Crippen molar-refractivity contribution in [2.45, 2.75) is 0 Å². The summed E-state index contributed by atoms with van der Waals surface area (Å²) >= 11 is 0. The number of hydrogen-bond acceptors (Lipinski definition) is 3. The summed E-state index contributed by atoms with van der Waals surface area (Å²) in [7, 11) is 1.50. The highest BCUT2D eigenvalue weighted by Crippen LogP contribution is 2.12. The van der Waals surface area contributed by atoms with Crippen LogP contribution in [0.1, 0.15) is 0 Å². The first kappa shape index (κ1) is 8.32. The fourth-order valence-corrected chi connectivity index (χ4v) is 0.716. The number of anilines is 1. The van der Waals surface area contributed by atoms with Gasteiger partial charge in [-0.3, -0.25) is 5.32 Å². The number of hydrogen-bond donors (Lipinski definition) is 2. The van der Waals surface area contributed by atoms with E-state index in [1.165, 1.54) is 19.4 Å². The number of methoxy groups -OCH3 is 1. The molecule has 0 radical (unpaired) electrons. The minimum Gasteiger partial charge on any atom is -0.497 e. The number of nitrogens with one attached hydrogen (secondary N) is 1. The van der Waals surface area contributed by atoms with Crippen molar-refractivity contribution in [3.8, 4) is 5.75 Å². The summed E-state index contributed by atoms with van der Waals surface area (Å²) in [6.45, 7) is 0. The molecule has 0 saturated heterocycles. The predicted octanol–water partition coefficient (Wildman–Crippen LogP) is 1.18. The summed E-state index contributed by atoms with van der Waals surface area (Å²) in [4.78, 5) is 13.9. The smallest absolute Gasteiger partial charge is 0.410 e. The molecule has 12 heavy (non-hydrogen) atoms. The molecule has 0 aliphatic rings. The van der Waals surface area contributed by atoms with Gasteiger partial charge < -0.3 is 9.84 Å². The third kappa shape index (κ3) is 2.12. The number of aromatic nitrogens is 1. The minimum atomic E-state index is -1.14. The third-order valence-corrected chi connectivity index (χ3v) is 1.20. The summed E-state index contributed by atoms with van der Waals surface area (Å²) in [6, 6.07) is 3.13. The lowest BCUT2D eigenvalue weighted by Crippen LogP contribution is -2.08. The molecule has 0 fully saturated rings. The van der Waals surface area contributed by atoms with E-state index in [9.17, 15) is 4.79 Å². The zero-order valence-electron chi connectivity index (χ0n) is 6.44. The van der Waals surface area contributed by atoms with E-state index in [1.807, 2.05) is 0 Å². The van der Waals surface area contributed by atoms with Crippen LogP contribution in [0, 0.1) is 0 Å². The zero-order chi connectivity index (χ0) is 8.97. The molecule has 0 spiro atoms. The minimum absolute atomic E-state index is 0.252. The van der Waals surface area contributed by atoms with Crippen molar-refractivity contribution < 1.29 is 14.6 Å². The van der Waals surface area contributed by atoms with E-state index in [-0.39, 0.29) is 5.82 Å². The van der Waals surface area contributed by atoms with Crippen molar-refractivity contribution >= 4 is 11.9 Å². The fraction of sp³-hybridized carbons (Fsp3) is 0.143. The molecule has 0 aliphatic heterocycles. The number of ether oxygens (including phenoxy) is 1. The number of amides is 1. The summed E-state index contributed by atoms with van der Waals surface area (Å²) < 4.78 is 4.86. The number of nitrogens with zero attached hydrogens (tertiary/aromatic N) is 1. The molecular formula is C7H8N2O3. The van der Waals surface area contributed by atoms with E-state index in [1.54, 1.807) is 6.07 Å². The van der Waals surface area contributed by atoms with Gasteiger partial charge in [0.05, 0.1) is 7.11 Å². The van der Waals surface area contributed by atoms with Crippen LogP contribution in [0.3, 0.4) is 0 Å². The molecule has 1 rings (SSSR count). The zero-order valence-corrected chi connectivity index (χ0v) is 6.44. The van der Waals surface area contributed by atoms with Crippen LogP contribution in [0.5, 0.6) is 5.75 Å². The molecule has 5 heteroatoms. The van der Waals surface area contributed by atoms with Gasteiger partial charge >= 0.3 is 6.09 Å². The topological polar surface area (TPSA) is 71.5 Å². The van der Waals surface area contributed by atoms with Crippen LogP contribution in [-0.4, -0.2) is 23.3 Å². The Morgan fingerprint density at radius 3 is 3.08 bits per heavy atom. The first-order chi connectivity index (χ1) is 5.72. The SMILES string of the molecule is COc1ccnc(NC(=O)O)c1. The van der Waals surface area contributed by atoms with Crippen molar-refractivity contribution in [3.05, 3.63) is 18.3 Å². The maximum absolute atomic E-state index is 10.2. The Morgan fingerprint density at radius 2 is 2.50 bits per heavy atom. The first-order valence-electron chi connectivity index (χ1n) is 3.22. The molecule has 0 aromatic carbocycles. The largest absolute Gasteiger partial charge is 0.497 e. The van der Waals surface area contributed by atoms with Gasteiger partial charge in [-0.15, -0.1) is 0 Å². The van der Waals surface area contributed by atoms with Crippen molar-refractivity contribution in [1.82, 2.24) is 4.98 Å². The molecule has 1 amide bonds. The van der Waals surface area contributed by atoms with Crippen LogP contribution in [0.4, 0.5) is 10.6 Å². The van der Waals surface area contributed by atoms with Gasteiger partial charge in [0, 0.05) is 12.3 Å². The molecule has 0 atom stereocenters. The van der Waals surface area contributed by atoms with Crippen molar-refractivity contribution in [1.29, 1.82) is 0 Å². The Hall–Kier alpha value is -1.78. The van der Waals surface area contributed by atoms with Gasteiger partial charge in [0.15, 0.2) is 0 Å². The second-order valence-electron chi connectivity index (χ2n) is 2.01. The highest BCUT2D eigenvalue weighted by molar-refractivity contribution is 5.81. The molecule has 1 aromatic rings. The molecular weight excluding hydrogens is 160 g/mol. The van der Waals surface area contributed by atoms with Crippen LogP contribution in [0.15, 0.2) is 18.3 Å². The van der Waals surface area contributed by atoms with Gasteiger partial charge in [0.1, 0.15) is 11.6 Å². The molecule has 1 heterocycles. The lowest BCUT2D eigenvalue weighted by atomic mass is 10.4. The van der Waals surface area contributed by atoms with Gasteiger partial charge in [0.25, 0.3) is 0 Å². The first-order valence-corrected chi connectivity index (χ1v) is 3.22. The molecule has 0 unspecified atom stereocenters. The Bertz CT molecular complexity index is 288. The van der Waals surface area contributed by atoms with Gasteiger partial charge in [-0.2, -0.15) is 0 Å². The van der Waals surface area contributed by atoms with E-state index >= 15 is 0 Å². The molecule has 0 bridgehead atoms. The normalized spacial score (nSPS) is 9.08. The van der Waals surface area contributed by atoms with Crippen molar-refractivity contribution in [3.63, 3.8) is 0 Å². The quantitative estimate of drug-likeness (QED) is 0.695. The van der Waals surface area contributed by atoms with Crippen LogP contribution >= 0.6 is 0 Å². The average molecular weight is 168 g/mol. The maximum atomic E-state index is 10.2. The number of rotatable bonds is 2. The Labute approximate surface area is 69.0 Å². The Kier molecular flexibility index (Phi) is 2.47. The van der Waals surface area contributed by atoms with E-state index in [0.29, 0.717) is 5.75 Å². The fourth-order valence-electron chi connectivity index (χ4n) is 0.716. The molecule has 0 aliphatic carbocycles. The molecule has 0 saturated carbocycles.